The van der Waals surface area contributed by atoms with Crippen LogP contribution < -0.4 is 0 Å². The molecule has 1 saturated carbocycles. The molecule has 0 bridgehead atoms. The highest BCUT2D eigenvalue weighted by atomic mass is 35.5. The first-order valence-corrected chi connectivity index (χ1v) is 11.7. The number of nitrogens with zero attached hydrogens (tertiary/aromatic N) is 2. The molecule has 1 aromatic carbocycles. The number of halogens is 1. The van der Waals surface area contributed by atoms with Gasteiger partial charge >= 0.3 is 0 Å². The van der Waals surface area contributed by atoms with Crippen LogP contribution in [0.4, 0.5) is 0 Å². The van der Waals surface area contributed by atoms with Gasteiger partial charge in [-0.2, -0.15) is 4.31 Å². The minimum Gasteiger partial charge on any atom is -0.292 e. The molecule has 0 amide bonds. The lowest BCUT2D eigenvalue weighted by Gasteiger charge is -2.32. The van der Waals surface area contributed by atoms with E-state index in [2.05, 4.69) is 16.7 Å². The summed E-state index contributed by atoms with van der Waals surface area (Å²) in [6.07, 6.45) is 7.61. The van der Waals surface area contributed by atoms with E-state index in [1.165, 1.54) is 36.7 Å². The van der Waals surface area contributed by atoms with Crippen molar-refractivity contribution < 1.29 is 8.42 Å². The molecular formula is C21H29ClN2O2S. The Balaban J connectivity index is 1.51. The average Bonchev–Trinajstić information content (AvgIpc) is 2.69. The summed E-state index contributed by atoms with van der Waals surface area (Å²) in [7, 11) is -1.78. The molecule has 6 heteroatoms. The van der Waals surface area contributed by atoms with Gasteiger partial charge in [-0.15, -0.1) is 0 Å². The minimum atomic E-state index is -3.47. The Morgan fingerprint density at radius 3 is 2.33 bits per heavy atom. The van der Waals surface area contributed by atoms with Crippen LogP contribution in [0.25, 0.3) is 0 Å². The molecule has 4 nitrogen and oxygen atoms in total. The zero-order valence-corrected chi connectivity index (χ0v) is 17.6. The van der Waals surface area contributed by atoms with Crippen molar-refractivity contribution in [2.45, 2.75) is 55.9 Å². The smallest absolute Gasteiger partial charge is 0.243 e. The Hall–Kier alpha value is -1.06. The highest BCUT2D eigenvalue weighted by Gasteiger charge is 2.31. The molecule has 1 heterocycles. The molecule has 0 spiro atoms. The summed E-state index contributed by atoms with van der Waals surface area (Å²) in [6, 6.07) is 6.44. The van der Waals surface area contributed by atoms with E-state index in [9.17, 15) is 8.42 Å². The summed E-state index contributed by atoms with van der Waals surface area (Å²) >= 11 is 5.87. The zero-order chi connectivity index (χ0) is 19.3. The van der Waals surface area contributed by atoms with Gasteiger partial charge in [0.25, 0.3) is 0 Å². The van der Waals surface area contributed by atoms with Crippen molar-refractivity contribution in [3.05, 3.63) is 29.3 Å². The molecule has 148 valence electrons. The number of hydrogen-bond donors (Lipinski definition) is 0. The molecule has 0 N–H and O–H groups in total. The summed E-state index contributed by atoms with van der Waals surface area (Å²) in [5.41, 5.74) is 0. The predicted molar refractivity (Wildman–Crippen MR) is 110 cm³/mol. The van der Waals surface area contributed by atoms with Gasteiger partial charge in [0.2, 0.25) is 10.0 Å². The second-order valence-electron chi connectivity index (χ2n) is 7.64. The Morgan fingerprint density at radius 2 is 1.70 bits per heavy atom. The van der Waals surface area contributed by atoms with Crippen LogP contribution in [0.15, 0.2) is 29.2 Å². The van der Waals surface area contributed by atoms with E-state index in [0.717, 1.165) is 32.2 Å². The van der Waals surface area contributed by atoms with Crippen LogP contribution in [-0.4, -0.2) is 50.3 Å². The fourth-order valence-corrected chi connectivity index (χ4v) is 5.51. The van der Waals surface area contributed by atoms with E-state index in [1.807, 2.05) is 0 Å². The average molecular weight is 409 g/mol. The van der Waals surface area contributed by atoms with E-state index in [0.29, 0.717) is 15.8 Å². The lowest BCUT2D eigenvalue weighted by Crippen LogP contribution is -2.39. The Morgan fingerprint density at radius 1 is 1.07 bits per heavy atom. The van der Waals surface area contributed by atoms with Crippen LogP contribution in [0, 0.1) is 17.8 Å². The van der Waals surface area contributed by atoms with E-state index < -0.39 is 10.0 Å². The fraction of sp³-hybridized carbons (Fsp3) is 0.619. The van der Waals surface area contributed by atoms with Crippen molar-refractivity contribution >= 4 is 21.6 Å². The van der Waals surface area contributed by atoms with Gasteiger partial charge in [-0.3, -0.25) is 4.90 Å². The SMILES string of the molecule is CN([C@H]1CC[C@H](C#CCN2CCCCC2)CC1)S(=O)(=O)c1ccc(Cl)cc1. The Bertz CT molecular complexity index is 769. The molecule has 0 unspecified atom stereocenters. The third-order valence-electron chi connectivity index (χ3n) is 5.76. The van der Waals surface area contributed by atoms with Crippen LogP contribution in [-0.2, 0) is 10.0 Å². The first-order valence-electron chi connectivity index (χ1n) is 9.91. The van der Waals surface area contributed by atoms with Crippen LogP contribution in [0.3, 0.4) is 0 Å². The number of sulfonamides is 1. The maximum atomic E-state index is 12.8. The van der Waals surface area contributed by atoms with Gasteiger partial charge in [0.05, 0.1) is 11.4 Å². The van der Waals surface area contributed by atoms with Crippen molar-refractivity contribution in [3.8, 4) is 11.8 Å². The monoisotopic (exact) mass is 408 g/mol. The molecule has 2 aliphatic rings. The second-order valence-corrected chi connectivity index (χ2v) is 10.1. The largest absolute Gasteiger partial charge is 0.292 e. The van der Waals surface area contributed by atoms with Crippen molar-refractivity contribution in [3.63, 3.8) is 0 Å². The number of likely N-dealkylation sites (tertiary alicyclic amines) is 1. The summed E-state index contributed by atoms with van der Waals surface area (Å²) in [6.45, 7) is 3.23. The molecule has 1 aliphatic carbocycles. The third kappa shape index (κ3) is 5.48. The van der Waals surface area contributed by atoms with Gasteiger partial charge in [-0.25, -0.2) is 8.42 Å². The van der Waals surface area contributed by atoms with Crippen molar-refractivity contribution in [1.82, 2.24) is 9.21 Å². The maximum Gasteiger partial charge on any atom is 0.243 e. The van der Waals surface area contributed by atoms with Crippen LogP contribution in [0.2, 0.25) is 5.02 Å². The van der Waals surface area contributed by atoms with Crippen LogP contribution >= 0.6 is 11.6 Å². The van der Waals surface area contributed by atoms with E-state index in [1.54, 1.807) is 31.3 Å². The molecule has 0 atom stereocenters. The van der Waals surface area contributed by atoms with E-state index >= 15 is 0 Å². The van der Waals surface area contributed by atoms with Gasteiger partial charge in [0.15, 0.2) is 0 Å². The molecule has 0 radical (unpaired) electrons. The minimum absolute atomic E-state index is 0.0471. The summed E-state index contributed by atoms with van der Waals surface area (Å²) < 4.78 is 27.2. The van der Waals surface area contributed by atoms with Crippen molar-refractivity contribution in [2.24, 2.45) is 5.92 Å². The molecule has 1 aromatic rings. The number of rotatable bonds is 4. The van der Waals surface area contributed by atoms with Crippen LogP contribution in [0.5, 0.6) is 0 Å². The van der Waals surface area contributed by atoms with Gasteiger partial charge < -0.3 is 0 Å². The van der Waals surface area contributed by atoms with Gasteiger partial charge in [0, 0.05) is 24.0 Å². The molecule has 2 fully saturated rings. The molecule has 1 aliphatic heterocycles. The quantitative estimate of drug-likeness (QED) is 0.707. The zero-order valence-electron chi connectivity index (χ0n) is 16.0. The first kappa shape index (κ1) is 20.7. The normalized spacial score (nSPS) is 24.4. The summed E-state index contributed by atoms with van der Waals surface area (Å²) in [5, 5.41) is 0.542. The number of piperidine rings is 1. The number of hydrogen-bond acceptors (Lipinski definition) is 3. The van der Waals surface area contributed by atoms with Crippen LogP contribution in [0.1, 0.15) is 44.9 Å². The maximum absolute atomic E-state index is 12.8. The van der Waals surface area contributed by atoms with Crippen molar-refractivity contribution in [2.75, 3.05) is 26.7 Å². The lowest BCUT2D eigenvalue weighted by atomic mass is 9.86. The van der Waals surface area contributed by atoms with Gasteiger partial charge in [0.1, 0.15) is 0 Å². The first-order chi connectivity index (χ1) is 13.0. The Labute approximate surface area is 168 Å². The van der Waals surface area contributed by atoms with E-state index in [-0.39, 0.29) is 6.04 Å². The summed E-state index contributed by atoms with van der Waals surface area (Å²) in [4.78, 5) is 2.74. The number of benzene rings is 1. The van der Waals surface area contributed by atoms with Gasteiger partial charge in [-0.05, 0) is 75.9 Å². The van der Waals surface area contributed by atoms with Gasteiger partial charge in [-0.1, -0.05) is 29.9 Å². The predicted octanol–water partition coefficient (Wildman–Crippen LogP) is 4.01. The molecule has 3 rings (SSSR count). The lowest BCUT2D eigenvalue weighted by molar-refractivity contribution is 0.253. The second kappa shape index (κ2) is 9.43. The third-order valence-corrected chi connectivity index (χ3v) is 7.94. The highest BCUT2D eigenvalue weighted by molar-refractivity contribution is 7.89. The molecular weight excluding hydrogens is 380 g/mol. The standard InChI is InChI=1S/C21H29ClN2O2S/c1-23(27(25,26)21-13-9-19(22)10-14-21)20-11-7-18(8-12-20)6-5-17-24-15-3-2-4-16-24/h9-10,13-14,18,20H,2-4,7-8,11-12,15-17H2,1H3/t18-,20-. The molecule has 1 saturated heterocycles. The summed E-state index contributed by atoms with van der Waals surface area (Å²) in [5.74, 6) is 7.19. The topological polar surface area (TPSA) is 40.6 Å². The highest BCUT2D eigenvalue weighted by Crippen LogP contribution is 2.30. The molecule has 0 aromatic heterocycles. The molecule has 27 heavy (non-hydrogen) atoms. The van der Waals surface area contributed by atoms with E-state index in [4.69, 9.17) is 11.6 Å². The fourth-order valence-electron chi connectivity index (χ4n) is 3.97. The Kier molecular flexibility index (Phi) is 7.22. The van der Waals surface area contributed by atoms with Crippen molar-refractivity contribution in [1.29, 1.82) is 0 Å².